The highest BCUT2D eigenvalue weighted by atomic mass is 16.5. The summed E-state index contributed by atoms with van der Waals surface area (Å²) in [4.78, 5) is 35.0. The molecule has 0 unspecified atom stereocenters. The minimum atomic E-state index is -0.625. The number of aromatic nitrogens is 2. The van der Waals surface area contributed by atoms with E-state index in [4.69, 9.17) is 15.5 Å². The van der Waals surface area contributed by atoms with E-state index in [0.717, 1.165) is 37.4 Å². The number of carbonyl (C=O) groups excluding carboxylic acids is 2. The number of likely N-dealkylation sites (N-methyl/N-ethyl adjacent to an activating group) is 1. The maximum atomic E-state index is 12.1. The summed E-state index contributed by atoms with van der Waals surface area (Å²) >= 11 is 0. The van der Waals surface area contributed by atoms with E-state index >= 15 is 0 Å². The molecule has 3 rings (SSSR count). The molecule has 1 fully saturated rings. The van der Waals surface area contributed by atoms with Gasteiger partial charge in [0.1, 0.15) is 5.75 Å². The average Bonchev–Trinajstić information content (AvgIpc) is 3.34. The average molecular weight is 456 g/mol. The van der Waals surface area contributed by atoms with Gasteiger partial charge in [0.2, 0.25) is 5.91 Å². The maximum absolute atomic E-state index is 12.1. The second-order valence-electron chi connectivity index (χ2n) is 7.84. The first kappa shape index (κ1) is 24.2. The fraction of sp³-hybridized carbons (Fsp3) is 0.478. The molecule has 33 heavy (non-hydrogen) atoms. The lowest BCUT2D eigenvalue weighted by atomic mass is 10.2. The van der Waals surface area contributed by atoms with Crippen molar-refractivity contribution in [1.82, 2.24) is 20.6 Å². The third kappa shape index (κ3) is 6.79. The second kappa shape index (κ2) is 12.0. The van der Waals surface area contributed by atoms with Crippen molar-refractivity contribution in [2.75, 3.05) is 50.1 Å². The van der Waals surface area contributed by atoms with E-state index in [0.29, 0.717) is 49.8 Å². The number of ether oxygens (including phenoxy) is 1. The molecular weight excluding hydrogens is 422 g/mol. The Morgan fingerprint density at radius 3 is 2.70 bits per heavy atom. The van der Waals surface area contributed by atoms with Crippen LogP contribution in [0.15, 0.2) is 24.3 Å². The maximum Gasteiger partial charge on any atom is 0.271 e. The van der Waals surface area contributed by atoms with E-state index in [9.17, 15) is 9.59 Å². The Morgan fingerprint density at radius 2 is 2.00 bits per heavy atom. The quantitative estimate of drug-likeness (QED) is 0.355. The van der Waals surface area contributed by atoms with E-state index < -0.39 is 5.91 Å². The van der Waals surface area contributed by atoms with Gasteiger partial charge in [-0.2, -0.15) is 0 Å². The van der Waals surface area contributed by atoms with Crippen molar-refractivity contribution >= 4 is 29.1 Å². The van der Waals surface area contributed by atoms with Gasteiger partial charge >= 0.3 is 0 Å². The van der Waals surface area contributed by atoms with Crippen molar-refractivity contribution in [1.29, 1.82) is 0 Å². The number of aryl methyl sites for hydroxylation is 1. The molecule has 2 amide bonds. The SMILES string of the molecule is CCc1nc(C(N)=O)c(Nc2cccc(OCCCNC(=O)CNC)c2)nc1N1CCCC1. The first-order valence-corrected chi connectivity index (χ1v) is 11.4. The zero-order valence-corrected chi connectivity index (χ0v) is 19.3. The van der Waals surface area contributed by atoms with Crippen molar-refractivity contribution < 1.29 is 14.3 Å². The van der Waals surface area contributed by atoms with Gasteiger partial charge in [-0.1, -0.05) is 13.0 Å². The third-order valence-corrected chi connectivity index (χ3v) is 5.27. The van der Waals surface area contributed by atoms with Gasteiger partial charge in [0.25, 0.3) is 5.91 Å². The molecule has 0 aliphatic carbocycles. The van der Waals surface area contributed by atoms with E-state index in [1.165, 1.54) is 0 Å². The Labute approximate surface area is 194 Å². The van der Waals surface area contributed by atoms with Gasteiger partial charge in [-0.25, -0.2) is 9.97 Å². The molecule has 0 radical (unpaired) electrons. The largest absolute Gasteiger partial charge is 0.493 e. The van der Waals surface area contributed by atoms with Gasteiger partial charge in [0.05, 0.1) is 18.8 Å². The van der Waals surface area contributed by atoms with Crippen molar-refractivity contribution in [2.45, 2.75) is 32.6 Å². The van der Waals surface area contributed by atoms with Crippen LogP contribution in [0.2, 0.25) is 0 Å². The van der Waals surface area contributed by atoms with Crippen LogP contribution in [-0.4, -0.2) is 61.6 Å². The summed E-state index contributed by atoms with van der Waals surface area (Å²) in [6.07, 6.45) is 3.58. The summed E-state index contributed by atoms with van der Waals surface area (Å²) in [5.41, 5.74) is 7.21. The number of nitrogens with zero attached hydrogens (tertiary/aromatic N) is 3. The number of anilines is 3. The van der Waals surface area contributed by atoms with Crippen LogP contribution in [0.1, 0.15) is 42.4 Å². The Balaban J connectivity index is 1.69. The van der Waals surface area contributed by atoms with E-state index in [1.54, 1.807) is 7.05 Å². The summed E-state index contributed by atoms with van der Waals surface area (Å²) in [6, 6.07) is 7.39. The number of primary amides is 1. The van der Waals surface area contributed by atoms with Gasteiger partial charge in [-0.15, -0.1) is 0 Å². The van der Waals surface area contributed by atoms with Crippen LogP contribution in [0.4, 0.5) is 17.3 Å². The van der Waals surface area contributed by atoms with Crippen LogP contribution in [0.5, 0.6) is 5.75 Å². The van der Waals surface area contributed by atoms with Gasteiger partial charge in [-0.05, 0) is 44.9 Å². The van der Waals surface area contributed by atoms with E-state index in [-0.39, 0.29) is 11.6 Å². The zero-order valence-electron chi connectivity index (χ0n) is 19.3. The summed E-state index contributed by atoms with van der Waals surface area (Å²) in [5.74, 6) is 1.14. The van der Waals surface area contributed by atoms with Crippen LogP contribution in [0.25, 0.3) is 0 Å². The highest BCUT2D eigenvalue weighted by Gasteiger charge is 2.22. The zero-order chi connectivity index (χ0) is 23.6. The monoisotopic (exact) mass is 455 g/mol. The number of nitrogens with one attached hydrogen (secondary N) is 3. The fourth-order valence-corrected chi connectivity index (χ4v) is 3.65. The Bertz CT molecular complexity index is 961. The van der Waals surface area contributed by atoms with Crippen LogP contribution in [-0.2, 0) is 11.2 Å². The molecule has 0 bridgehead atoms. The van der Waals surface area contributed by atoms with Crippen LogP contribution in [0.3, 0.4) is 0 Å². The molecule has 0 saturated carbocycles. The predicted octanol–water partition coefficient (Wildman–Crippen LogP) is 1.59. The molecule has 1 saturated heterocycles. The molecule has 1 aliphatic heterocycles. The van der Waals surface area contributed by atoms with Crippen molar-refractivity contribution in [3.63, 3.8) is 0 Å². The molecule has 1 aliphatic rings. The number of amides is 2. The smallest absolute Gasteiger partial charge is 0.271 e. The highest BCUT2D eigenvalue weighted by Crippen LogP contribution is 2.28. The summed E-state index contributed by atoms with van der Waals surface area (Å²) in [6.45, 7) is 5.14. The number of hydrogen-bond donors (Lipinski definition) is 4. The first-order chi connectivity index (χ1) is 16.0. The van der Waals surface area contributed by atoms with Crippen molar-refractivity contribution in [3.8, 4) is 5.75 Å². The third-order valence-electron chi connectivity index (χ3n) is 5.27. The first-order valence-electron chi connectivity index (χ1n) is 11.4. The fourth-order valence-electron chi connectivity index (χ4n) is 3.65. The molecule has 178 valence electrons. The van der Waals surface area contributed by atoms with E-state index in [1.807, 2.05) is 31.2 Å². The molecule has 2 aromatic rings. The normalized spacial score (nSPS) is 13.1. The molecule has 1 aromatic carbocycles. The number of carbonyl (C=O) groups is 2. The Hall–Kier alpha value is -3.40. The topological polar surface area (TPSA) is 134 Å². The van der Waals surface area contributed by atoms with E-state index in [2.05, 4.69) is 25.8 Å². The summed E-state index contributed by atoms with van der Waals surface area (Å²) in [5, 5.41) is 8.81. The Morgan fingerprint density at radius 1 is 1.21 bits per heavy atom. The standard InChI is InChI=1S/C23H33N7O3/c1-3-18-23(30-11-4-5-12-30)29-22(20(28-18)21(24)32)27-16-8-6-9-17(14-16)33-13-7-10-26-19(31)15-25-2/h6,8-9,14,25H,3-5,7,10-13,15H2,1-2H3,(H2,24,32)(H,26,31)(H,27,29). The molecule has 0 spiro atoms. The second-order valence-corrected chi connectivity index (χ2v) is 7.84. The minimum absolute atomic E-state index is 0.0440. The van der Waals surface area contributed by atoms with Crippen LogP contribution < -0.4 is 31.3 Å². The van der Waals surface area contributed by atoms with Gasteiger partial charge in [0.15, 0.2) is 17.3 Å². The lowest BCUT2D eigenvalue weighted by molar-refractivity contribution is -0.120. The molecule has 10 heteroatoms. The molecule has 10 nitrogen and oxygen atoms in total. The molecule has 2 heterocycles. The number of hydrogen-bond acceptors (Lipinski definition) is 8. The van der Waals surface area contributed by atoms with Crippen molar-refractivity contribution in [2.24, 2.45) is 5.73 Å². The highest BCUT2D eigenvalue weighted by molar-refractivity contribution is 5.96. The van der Waals surface area contributed by atoms with Gasteiger partial charge in [-0.3, -0.25) is 9.59 Å². The lowest BCUT2D eigenvalue weighted by Crippen LogP contribution is -2.33. The van der Waals surface area contributed by atoms with Crippen molar-refractivity contribution in [3.05, 3.63) is 35.7 Å². The Kier molecular flexibility index (Phi) is 8.82. The summed E-state index contributed by atoms with van der Waals surface area (Å²) < 4.78 is 5.80. The summed E-state index contributed by atoms with van der Waals surface area (Å²) in [7, 11) is 1.73. The van der Waals surface area contributed by atoms with Gasteiger partial charge in [0, 0.05) is 31.4 Å². The molecular formula is C23H33N7O3. The molecule has 0 atom stereocenters. The number of rotatable bonds is 12. The van der Waals surface area contributed by atoms with Crippen LogP contribution in [0, 0.1) is 0 Å². The minimum Gasteiger partial charge on any atom is -0.493 e. The molecule has 1 aromatic heterocycles. The predicted molar refractivity (Wildman–Crippen MR) is 128 cm³/mol. The van der Waals surface area contributed by atoms with Gasteiger partial charge < -0.3 is 31.3 Å². The van der Waals surface area contributed by atoms with Crippen LogP contribution >= 0.6 is 0 Å². The number of benzene rings is 1. The lowest BCUT2D eigenvalue weighted by Gasteiger charge is -2.21. The number of nitrogens with two attached hydrogens (primary N) is 1. The molecule has 5 N–H and O–H groups in total.